The molecule has 0 saturated heterocycles. The first-order chi connectivity index (χ1) is 33.6. The topological polar surface area (TPSA) is 61.8 Å². The lowest BCUT2D eigenvalue weighted by molar-refractivity contribution is -0.163. The quantitative estimate of drug-likeness (QED) is 0.0345. The predicted octanol–water partition coefficient (Wildman–Crippen LogP) is 21.4. The minimum atomic E-state index is -0.531. The van der Waals surface area contributed by atoms with Crippen LogP contribution in [0.25, 0.3) is 0 Å². The monoisotopic (exact) mass is 959 g/mol. The van der Waals surface area contributed by atoms with Crippen LogP contribution in [-0.4, -0.2) is 37.9 Å². The Morgan fingerprint density at radius 1 is 0.309 bits per heavy atom. The van der Waals surface area contributed by atoms with Crippen molar-refractivity contribution in [3.63, 3.8) is 0 Å². The van der Waals surface area contributed by atoms with Gasteiger partial charge in [0.2, 0.25) is 0 Å². The number of allylic oxidation sites excluding steroid dienone is 2. The Balaban J connectivity index is 4.20. The molecule has 5 nitrogen and oxygen atoms in total. The van der Waals surface area contributed by atoms with Gasteiger partial charge in [0, 0.05) is 19.4 Å². The summed E-state index contributed by atoms with van der Waals surface area (Å²) in [7, 11) is 0. The lowest BCUT2D eigenvalue weighted by Crippen LogP contribution is -2.30. The number of hydrogen-bond donors (Lipinski definition) is 0. The lowest BCUT2D eigenvalue weighted by Gasteiger charge is -2.18. The molecule has 0 fully saturated rings. The zero-order valence-corrected chi connectivity index (χ0v) is 46.7. The van der Waals surface area contributed by atoms with Crippen molar-refractivity contribution in [1.82, 2.24) is 0 Å². The van der Waals surface area contributed by atoms with Crippen molar-refractivity contribution >= 4 is 11.9 Å². The summed E-state index contributed by atoms with van der Waals surface area (Å²) in [4.78, 5) is 25.6. The van der Waals surface area contributed by atoms with Crippen LogP contribution in [0.3, 0.4) is 0 Å². The highest BCUT2D eigenvalue weighted by atomic mass is 16.6. The van der Waals surface area contributed by atoms with Crippen LogP contribution in [0.4, 0.5) is 0 Å². The Labute approximate surface area is 426 Å². The highest BCUT2D eigenvalue weighted by Crippen LogP contribution is 2.18. The molecule has 0 aromatic heterocycles. The molecule has 0 spiro atoms. The smallest absolute Gasteiger partial charge is 0.306 e. The van der Waals surface area contributed by atoms with Crippen molar-refractivity contribution in [3.05, 3.63) is 12.2 Å². The Morgan fingerprint density at radius 2 is 0.574 bits per heavy atom. The molecule has 5 heteroatoms. The predicted molar refractivity (Wildman–Crippen MR) is 298 cm³/mol. The summed E-state index contributed by atoms with van der Waals surface area (Å²) < 4.78 is 17.5. The van der Waals surface area contributed by atoms with E-state index in [1.165, 1.54) is 283 Å². The van der Waals surface area contributed by atoms with Crippen LogP contribution < -0.4 is 0 Å². The largest absolute Gasteiger partial charge is 0.462 e. The standard InChI is InChI=1S/C63H122O5/c1-4-7-10-13-16-19-22-25-28-31-32-34-35-38-41-44-47-50-53-56-62(64)67-60-61(59-66-58-55-52-49-46-43-40-37-30-27-24-21-18-15-12-9-6-3)68-63(65)57-54-51-48-45-42-39-36-33-29-26-23-20-17-14-11-8-5-2/h27,30,61H,4-26,28-29,31-60H2,1-3H3/b30-27-. The van der Waals surface area contributed by atoms with E-state index >= 15 is 0 Å². The minimum Gasteiger partial charge on any atom is -0.462 e. The van der Waals surface area contributed by atoms with Gasteiger partial charge in [0.05, 0.1) is 6.61 Å². The maximum Gasteiger partial charge on any atom is 0.306 e. The van der Waals surface area contributed by atoms with Gasteiger partial charge < -0.3 is 14.2 Å². The normalized spacial score (nSPS) is 12.1. The zero-order chi connectivity index (χ0) is 49.2. The molecule has 0 aliphatic heterocycles. The SMILES string of the molecule is CCCCCCCC/C=C\CCCCCCCCOCC(COC(=O)CCCCCCCCCCCCCCCCCCCCC)OC(=O)CCCCCCCCCCCCCCCCCCC. The van der Waals surface area contributed by atoms with Crippen molar-refractivity contribution in [1.29, 1.82) is 0 Å². The second kappa shape index (κ2) is 59.9. The van der Waals surface area contributed by atoms with Crippen molar-refractivity contribution in [3.8, 4) is 0 Å². The fraction of sp³-hybridized carbons (Fsp3) is 0.937. The minimum absolute atomic E-state index is 0.0934. The van der Waals surface area contributed by atoms with Gasteiger partial charge in [-0.2, -0.15) is 0 Å². The molecule has 0 heterocycles. The Bertz CT molecular complexity index is 994. The fourth-order valence-electron chi connectivity index (χ4n) is 9.63. The summed E-state index contributed by atoms with van der Waals surface area (Å²) in [6.45, 7) is 7.91. The van der Waals surface area contributed by atoms with E-state index in [1.54, 1.807) is 0 Å². The second-order valence-corrected chi connectivity index (χ2v) is 21.3. The molecule has 0 amide bonds. The molecule has 1 unspecified atom stereocenters. The third kappa shape index (κ3) is 57.2. The summed E-state index contributed by atoms with van der Waals surface area (Å²) in [6, 6.07) is 0. The van der Waals surface area contributed by atoms with Crippen molar-refractivity contribution < 1.29 is 23.8 Å². The molecule has 0 aromatic rings. The van der Waals surface area contributed by atoms with E-state index in [1.807, 2.05) is 0 Å². The van der Waals surface area contributed by atoms with Gasteiger partial charge in [-0.25, -0.2) is 0 Å². The van der Waals surface area contributed by atoms with Gasteiger partial charge in [-0.3, -0.25) is 9.59 Å². The highest BCUT2D eigenvalue weighted by Gasteiger charge is 2.18. The zero-order valence-electron chi connectivity index (χ0n) is 46.7. The van der Waals surface area contributed by atoms with Gasteiger partial charge in [-0.05, 0) is 44.9 Å². The molecule has 0 aliphatic carbocycles. The Kier molecular flexibility index (Phi) is 58.7. The van der Waals surface area contributed by atoms with Gasteiger partial charge in [0.25, 0.3) is 0 Å². The van der Waals surface area contributed by atoms with Crippen LogP contribution in [0.1, 0.15) is 355 Å². The number of unbranched alkanes of at least 4 members (excludes halogenated alkanes) is 46. The third-order valence-corrected chi connectivity index (χ3v) is 14.3. The molecule has 0 saturated carbocycles. The molecule has 68 heavy (non-hydrogen) atoms. The molecular formula is C63H122O5. The number of hydrogen-bond acceptors (Lipinski definition) is 5. The van der Waals surface area contributed by atoms with Crippen molar-refractivity contribution in [2.45, 2.75) is 361 Å². The van der Waals surface area contributed by atoms with E-state index in [4.69, 9.17) is 14.2 Å². The molecule has 1 atom stereocenters. The third-order valence-electron chi connectivity index (χ3n) is 14.3. The molecule has 0 aromatic carbocycles. The van der Waals surface area contributed by atoms with E-state index < -0.39 is 6.10 Å². The molecular weight excluding hydrogens is 837 g/mol. The second-order valence-electron chi connectivity index (χ2n) is 21.3. The van der Waals surface area contributed by atoms with Crippen LogP contribution >= 0.6 is 0 Å². The number of esters is 2. The molecule has 0 N–H and O–H groups in total. The first-order valence-electron chi connectivity index (χ1n) is 31.2. The molecule has 0 aliphatic rings. The van der Waals surface area contributed by atoms with Gasteiger partial charge in [0.15, 0.2) is 6.10 Å². The molecule has 0 bridgehead atoms. The highest BCUT2D eigenvalue weighted by molar-refractivity contribution is 5.70. The summed E-state index contributed by atoms with van der Waals surface area (Å²) in [6.07, 6.45) is 71.0. The molecule has 0 radical (unpaired) electrons. The first kappa shape index (κ1) is 66.6. The van der Waals surface area contributed by atoms with E-state index in [-0.39, 0.29) is 18.5 Å². The lowest BCUT2D eigenvalue weighted by atomic mass is 10.0. The summed E-state index contributed by atoms with van der Waals surface area (Å²) in [5, 5.41) is 0. The number of carbonyl (C=O) groups excluding carboxylic acids is 2. The maximum absolute atomic E-state index is 12.9. The fourth-order valence-corrected chi connectivity index (χ4v) is 9.63. The summed E-state index contributed by atoms with van der Waals surface area (Å²) in [5.41, 5.74) is 0. The van der Waals surface area contributed by atoms with Gasteiger partial charge in [0.1, 0.15) is 6.61 Å². The van der Waals surface area contributed by atoms with E-state index in [2.05, 4.69) is 32.9 Å². The van der Waals surface area contributed by atoms with Crippen LogP contribution in [0.2, 0.25) is 0 Å². The number of carbonyl (C=O) groups is 2. The van der Waals surface area contributed by atoms with Gasteiger partial charge >= 0.3 is 11.9 Å². The van der Waals surface area contributed by atoms with Crippen LogP contribution in [-0.2, 0) is 23.8 Å². The Morgan fingerprint density at radius 3 is 0.897 bits per heavy atom. The van der Waals surface area contributed by atoms with Gasteiger partial charge in [-0.1, -0.05) is 309 Å². The molecule has 404 valence electrons. The average molecular weight is 960 g/mol. The van der Waals surface area contributed by atoms with Crippen molar-refractivity contribution in [2.24, 2.45) is 0 Å². The van der Waals surface area contributed by atoms with Gasteiger partial charge in [-0.15, -0.1) is 0 Å². The summed E-state index contributed by atoms with van der Waals surface area (Å²) in [5.74, 6) is -0.369. The van der Waals surface area contributed by atoms with E-state index in [0.29, 0.717) is 26.1 Å². The van der Waals surface area contributed by atoms with E-state index in [9.17, 15) is 9.59 Å². The Hall–Kier alpha value is -1.36. The summed E-state index contributed by atoms with van der Waals surface area (Å²) >= 11 is 0. The van der Waals surface area contributed by atoms with Crippen LogP contribution in [0.15, 0.2) is 12.2 Å². The van der Waals surface area contributed by atoms with Crippen molar-refractivity contribution in [2.75, 3.05) is 19.8 Å². The number of ether oxygens (including phenoxy) is 3. The van der Waals surface area contributed by atoms with E-state index in [0.717, 1.165) is 38.5 Å². The number of rotatable bonds is 59. The molecule has 0 rings (SSSR count). The maximum atomic E-state index is 12.9. The first-order valence-corrected chi connectivity index (χ1v) is 31.2. The average Bonchev–Trinajstić information content (AvgIpc) is 3.34. The van der Waals surface area contributed by atoms with Crippen LogP contribution in [0, 0.1) is 0 Å². The van der Waals surface area contributed by atoms with Crippen LogP contribution in [0.5, 0.6) is 0 Å².